The molecule has 0 saturated carbocycles. The number of fused-ring (bicyclic) bond motifs is 1. The molecule has 2 aliphatic heterocycles. The van der Waals surface area contributed by atoms with Crippen LogP contribution in [0, 0.1) is 12.8 Å². The van der Waals surface area contributed by atoms with Crippen LogP contribution >= 0.6 is 11.3 Å². The molecule has 2 fully saturated rings. The number of aromatic nitrogens is 1. The third-order valence-electron chi connectivity index (χ3n) is 6.39. The number of anilines is 1. The van der Waals surface area contributed by atoms with Crippen molar-refractivity contribution in [2.75, 3.05) is 36.0 Å². The summed E-state index contributed by atoms with van der Waals surface area (Å²) >= 11 is 1.73. The van der Waals surface area contributed by atoms with Gasteiger partial charge in [-0.05, 0) is 43.0 Å². The van der Waals surface area contributed by atoms with Gasteiger partial charge in [0.1, 0.15) is 0 Å². The first kappa shape index (κ1) is 20.6. The molecular weight excluding hydrogens is 426 g/mol. The number of thiazole rings is 1. The van der Waals surface area contributed by atoms with Crippen LogP contribution in [-0.4, -0.2) is 51.1 Å². The van der Waals surface area contributed by atoms with E-state index in [4.69, 9.17) is 4.98 Å². The summed E-state index contributed by atoms with van der Waals surface area (Å²) in [6.07, 6.45) is 1.48. The minimum absolute atomic E-state index is 0.000822. The molecule has 1 aromatic heterocycles. The normalized spacial score (nSPS) is 24.5. The Hall–Kier alpha value is -2.25. The van der Waals surface area contributed by atoms with E-state index in [2.05, 4.69) is 47.1 Å². The molecule has 5 nitrogen and oxygen atoms in total. The van der Waals surface area contributed by atoms with Gasteiger partial charge in [-0.2, -0.15) is 0 Å². The second-order valence-corrected chi connectivity index (χ2v) is 11.2. The van der Waals surface area contributed by atoms with E-state index >= 15 is 0 Å². The minimum Gasteiger partial charge on any atom is -0.344 e. The topological polar surface area (TPSA) is 53.5 Å². The highest BCUT2D eigenvalue weighted by molar-refractivity contribution is 7.85. The average molecular weight is 454 g/mol. The standard InChI is InChI=1S/C24H27N3O2S2/c1-17-7-8-20-22(15-17)30-24(25-20)26-11-12-27(21(16-26)18-5-3-2-4-6-18)23(28)19-9-13-31(29)14-10-19/h2-8,15,19,21H,9-14,16H2,1H3. The van der Waals surface area contributed by atoms with Crippen molar-refractivity contribution in [1.29, 1.82) is 0 Å². The molecule has 2 aliphatic rings. The van der Waals surface area contributed by atoms with Gasteiger partial charge in [-0.3, -0.25) is 9.00 Å². The Morgan fingerprint density at radius 1 is 1.10 bits per heavy atom. The SMILES string of the molecule is Cc1ccc2nc(N3CCN(C(=O)C4CCS(=O)CC4)C(c4ccccc4)C3)sc2c1. The number of piperazine rings is 1. The fourth-order valence-electron chi connectivity index (χ4n) is 4.61. The Labute approximate surface area is 189 Å². The third kappa shape index (κ3) is 4.26. The number of carbonyl (C=O) groups is 1. The number of aryl methyl sites for hydroxylation is 1. The lowest BCUT2D eigenvalue weighted by Crippen LogP contribution is -2.52. The lowest BCUT2D eigenvalue weighted by molar-refractivity contribution is -0.138. The molecule has 2 aromatic carbocycles. The molecule has 1 amide bonds. The Balaban J connectivity index is 1.41. The molecule has 2 saturated heterocycles. The van der Waals surface area contributed by atoms with E-state index in [1.807, 2.05) is 18.2 Å². The van der Waals surface area contributed by atoms with Crippen molar-refractivity contribution in [2.24, 2.45) is 5.92 Å². The summed E-state index contributed by atoms with van der Waals surface area (Å²) in [5, 5.41) is 1.03. The molecule has 3 aromatic rings. The van der Waals surface area contributed by atoms with Gasteiger partial charge in [-0.1, -0.05) is 47.7 Å². The lowest BCUT2D eigenvalue weighted by Gasteiger charge is -2.43. The molecule has 1 atom stereocenters. The van der Waals surface area contributed by atoms with Gasteiger partial charge >= 0.3 is 0 Å². The second-order valence-electron chi connectivity index (χ2n) is 8.49. The molecule has 0 aliphatic carbocycles. The van der Waals surface area contributed by atoms with Crippen LogP contribution in [0.15, 0.2) is 48.5 Å². The fraction of sp³-hybridized carbons (Fsp3) is 0.417. The molecule has 0 N–H and O–H groups in total. The summed E-state index contributed by atoms with van der Waals surface area (Å²) in [5.41, 5.74) is 3.45. The van der Waals surface area contributed by atoms with E-state index in [9.17, 15) is 9.00 Å². The van der Waals surface area contributed by atoms with Crippen molar-refractivity contribution in [2.45, 2.75) is 25.8 Å². The van der Waals surface area contributed by atoms with Gasteiger partial charge in [0.05, 0.1) is 16.3 Å². The van der Waals surface area contributed by atoms with Crippen molar-refractivity contribution in [3.63, 3.8) is 0 Å². The summed E-state index contributed by atoms with van der Waals surface area (Å²) in [4.78, 5) is 22.7. The average Bonchev–Trinajstić information content (AvgIpc) is 3.22. The maximum Gasteiger partial charge on any atom is 0.226 e. The number of amides is 1. The van der Waals surface area contributed by atoms with E-state index < -0.39 is 10.8 Å². The zero-order valence-electron chi connectivity index (χ0n) is 17.7. The molecule has 162 valence electrons. The Bertz CT molecular complexity index is 1100. The Morgan fingerprint density at radius 3 is 2.65 bits per heavy atom. The predicted octanol–water partition coefficient (Wildman–Crippen LogP) is 4.15. The van der Waals surface area contributed by atoms with Gasteiger partial charge < -0.3 is 9.80 Å². The number of carbonyl (C=O) groups excluding carboxylic acids is 1. The molecular formula is C24H27N3O2S2. The molecule has 5 rings (SSSR count). The van der Waals surface area contributed by atoms with E-state index in [-0.39, 0.29) is 17.9 Å². The maximum absolute atomic E-state index is 13.5. The van der Waals surface area contributed by atoms with E-state index in [1.54, 1.807) is 11.3 Å². The van der Waals surface area contributed by atoms with Gasteiger partial charge in [0.2, 0.25) is 5.91 Å². The number of hydrogen-bond acceptors (Lipinski definition) is 5. The van der Waals surface area contributed by atoms with Gasteiger partial charge in [-0.25, -0.2) is 4.98 Å². The molecule has 0 radical (unpaired) electrons. The van der Waals surface area contributed by atoms with Crippen LogP contribution in [0.4, 0.5) is 5.13 Å². The highest BCUT2D eigenvalue weighted by atomic mass is 32.2. The molecule has 0 spiro atoms. The fourth-order valence-corrected chi connectivity index (χ4v) is 7.01. The molecule has 1 unspecified atom stereocenters. The first-order valence-corrected chi connectivity index (χ1v) is 13.2. The van der Waals surface area contributed by atoms with Crippen molar-refractivity contribution in [1.82, 2.24) is 9.88 Å². The quantitative estimate of drug-likeness (QED) is 0.598. The first-order chi connectivity index (χ1) is 15.1. The van der Waals surface area contributed by atoms with Crippen LogP contribution in [0.1, 0.15) is 30.0 Å². The van der Waals surface area contributed by atoms with Crippen molar-refractivity contribution in [3.8, 4) is 0 Å². The summed E-state index contributed by atoms with van der Waals surface area (Å²) < 4.78 is 13.0. The van der Waals surface area contributed by atoms with Gasteiger partial charge in [0.25, 0.3) is 0 Å². The maximum atomic E-state index is 13.5. The zero-order valence-corrected chi connectivity index (χ0v) is 19.3. The first-order valence-electron chi connectivity index (χ1n) is 10.9. The van der Waals surface area contributed by atoms with Crippen molar-refractivity contribution in [3.05, 3.63) is 59.7 Å². The highest BCUT2D eigenvalue weighted by Crippen LogP contribution is 2.35. The Morgan fingerprint density at radius 2 is 1.87 bits per heavy atom. The van der Waals surface area contributed by atoms with E-state index in [1.165, 1.54) is 10.3 Å². The summed E-state index contributed by atoms with van der Waals surface area (Å²) in [5.74, 6) is 1.53. The highest BCUT2D eigenvalue weighted by Gasteiger charge is 2.36. The summed E-state index contributed by atoms with van der Waals surface area (Å²) in [6.45, 7) is 4.32. The van der Waals surface area contributed by atoms with Crippen LogP contribution in [0.2, 0.25) is 0 Å². The van der Waals surface area contributed by atoms with Crippen LogP contribution in [0.3, 0.4) is 0 Å². The number of benzene rings is 2. The van der Waals surface area contributed by atoms with Crippen LogP contribution in [0.5, 0.6) is 0 Å². The second kappa shape index (κ2) is 8.71. The third-order valence-corrected chi connectivity index (χ3v) is 8.85. The number of nitrogens with zero attached hydrogens (tertiary/aromatic N) is 3. The molecule has 7 heteroatoms. The molecule has 3 heterocycles. The van der Waals surface area contributed by atoms with Gasteiger partial charge in [-0.15, -0.1) is 0 Å². The van der Waals surface area contributed by atoms with Gasteiger partial charge in [0, 0.05) is 47.9 Å². The van der Waals surface area contributed by atoms with Crippen LogP contribution in [0.25, 0.3) is 10.2 Å². The predicted molar refractivity (Wildman–Crippen MR) is 128 cm³/mol. The molecule has 31 heavy (non-hydrogen) atoms. The van der Waals surface area contributed by atoms with Crippen LogP contribution in [-0.2, 0) is 15.6 Å². The minimum atomic E-state index is -0.753. The Kier molecular flexibility index (Phi) is 5.80. The largest absolute Gasteiger partial charge is 0.344 e. The lowest BCUT2D eigenvalue weighted by atomic mass is 9.96. The van der Waals surface area contributed by atoms with Gasteiger partial charge in [0.15, 0.2) is 5.13 Å². The van der Waals surface area contributed by atoms with E-state index in [0.717, 1.165) is 42.1 Å². The van der Waals surface area contributed by atoms with Crippen LogP contribution < -0.4 is 4.90 Å². The smallest absolute Gasteiger partial charge is 0.226 e. The monoisotopic (exact) mass is 453 g/mol. The number of hydrogen-bond donors (Lipinski definition) is 0. The van der Waals surface area contributed by atoms with Crippen molar-refractivity contribution < 1.29 is 9.00 Å². The molecule has 0 bridgehead atoms. The summed E-state index contributed by atoms with van der Waals surface area (Å²) in [7, 11) is -0.753. The van der Waals surface area contributed by atoms with Crippen molar-refractivity contribution >= 4 is 43.4 Å². The van der Waals surface area contributed by atoms with E-state index in [0.29, 0.717) is 18.1 Å². The summed E-state index contributed by atoms with van der Waals surface area (Å²) in [6, 6.07) is 16.7. The zero-order chi connectivity index (χ0) is 21.4. The number of rotatable bonds is 3.